The Hall–Kier alpha value is -3.62. The molecule has 1 aromatic carbocycles. The molecule has 4 heterocycles. The Balaban J connectivity index is 1.38. The number of hydrogen-bond acceptors (Lipinski definition) is 5. The summed E-state index contributed by atoms with van der Waals surface area (Å²) in [5.41, 5.74) is 0.404. The minimum Gasteiger partial charge on any atom is -0.459 e. The van der Waals surface area contributed by atoms with E-state index < -0.39 is 0 Å². The van der Waals surface area contributed by atoms with Crippen molar-refractivity contribution in [2.24, 2.45) is 5.41 Å². The van der Waals surface area contributed by atoms with Crippen LogP contribution in [0.1, 0.15) is 35.3 Å². The number of anilines is 1. The number of rotatable bonds is 3. The maximum atomic E-state index is 12.8. The first-order valence-corrected chi connectivity index (χ1v) is 9.98. The van der Waals surface area contributed by atoms with Gasteiger partial charge in [0.05, 0.1) is 12.3 Å². The van der Waals surface area contributed by atoms with Crippen LogP contribution < -0.4 is 10.6 Å². The second kappa shape index (κ2) is 7.33. The number of amides is 3. The number of carbonyl (C=O) groups excluding carboxylic acids is 2. The van der Waals surface area contributed by atoms with E-state index in [1.807, 2.05) is 35.0 Å². The van der Waals surface area contributed by atoms with E-state index in [0.29, 0.717) is 31.1 Å². The first-order chi connectivity index (χ1) is 14.6. The maximum Gasteiger partial charge on any atom is 0.319 e. The SMILES string of the molecule is O=C(Nc1ccccc1)N[C@H]1c2ncnn2CC[C@]12CCN(C(=O)c1ccco1)C2. The van der Waals surface area contributed by atoms with E-state index in [1.165, 1.54) is 12.6 Å². The molecule has 154 valence electrons. The van der Waals surface area contributed by atoms with Gasteiger partial charge < -0.3 is 20.0 Å². The van der Waals surface area contributed by atoms with Gasteiger partial charge in [-0.3, -0.25) is 4.79 Å². The number of nitrogens with zero attached hydrogens (tertiary/aromatic N) is 4. The molecule has 0 bridgehead atoms. The van der Waals surface area contributed by atoms with Crippen molar-refractivity contribution in [1.82, 2.24) is 25.0 Å². The van der Waals surface area contributed by atoms with Crippen LogP contribution in [0.15, 0.2) is 59.5 Å². The van der Waals surface area contributed by atoms with Crippen LogP contribution in [-0.4, -0.2) is 44.7 Å². The average molecular weight is 406 g/mol. The maximum absolute atomic E-state index is 12.8. The second-order valence-electron chi connectivity index (χ2n) is 7.81. The molecule has 1 fully saturated rings. The Morgan fingerprint density at radius 1 is 1.10 bits per heavy atom. The summed E-state index contributed by atoms with van der Waals surface area (Å²) in [6.07, 6.45) is 4.57. The Morgan fingerprint density at radius 2 is 1.93 bits per heavy atom. The molecule has 0 radical (unpaired) electrons. The van der Waals surface area contributed by atoms with E-state index in [0.717, 1.165) is 18.7 Å². The van der Waals surface area contributed by atoms with E-state index in [2.05, 4.69) is 20.7 Å². The number of furan rings is 1. The summed E-state index contributed by atoms with van der Waals surface area (Å²) in [6, 6.07) is 12.0. The highest BCUT2D eigenvalue weighted by molar-refractivity contribution is 5.92. The van der Waals surface area contributed by atoms with Gasteiger partial charge in [0.25, 0.3) is 5.91 Å². The van der Waals surface area contributed by atoms with Gasteiger partial charge in [0.15, 0.2) is 5.76 Å². The predicted molar refractivity (Wildman–Crippen MR) is 108 cm³/mol. The Labute approximate surface area is 173 Å². The molecular weight excluding hydrogens is 384 g/mol. The number of aromatic nitrogens is 3. The molecule has 2 N–H and O–H groups in total. The molecule has 3 aromatic rings. The lowest BCUT2D eigenvalue weighted by Crippen LogP contribution is -2.49. The molecule has 1 saturated heterocycles. The number of fused-ring (bicyclic) bond motifs is 1. The van der Waals surface area contributed by atoms with E-state index in [9.17, 15) is 9.59 Å². The molecule has 0 aliphatic carbocycles. The van der Waals surface area contributed by atoms with Crippen LogP contribution in [0.25, 0.3) is 0 Å². The van der Waals surface area contributed by atoms with Crippen molar-refractivity contribution in [3.63, 3.8) is 0 Å². The van der Waals surface area contributed by atoms with Gasteiger partial charge >= 0.3 is 6.03 Å². The molecule has 0 unspecified atom stereocenters. The van der Waals surface area contributed by atoms with Crippen LogP contribution >= 0.6 is 0 Å². The van der Waals surface area contributed by atoms with E-state index in [1.54, 1.807) is 17.0 Å². The number of benzene rings is 1. The summed E-state index contributed by atoms with van der Waals surface area (Å²) >= 11 is 0. The number of aryl methyl sites for hydroxylation is 1. The third kappa shape index (κ3) is 3.22. The number of likely N-dealkylation sites (tertiary alicyclic amines) is 1. The molecule has 2 aromatic heterocycles. The predicted octanol–water partition coefficient (Wildman–Crippen LogP) is 2.67. The van der Waals surface area contributed by atoms with Crippen LogP contribution in [0.2, 0.25) is 0 Å². The third-order valence-corrected chi connectivity index (χ3v) is 6.05. The molecule has 2 aliphatic heterocycles. The summed E-state index contributed by atoms with van der Waals surface area (Å²) in [5, 5.41) is 10.3. The molecular formula is C21H22N6O3. The normalized spacial score (nSPS) is 22.7. The molecule has 3 amide bonds. The fourth-order valence-corrected chi connectivity index (χ4v) is 4.52. The minimum atomic E-state index is -0.355. The van der Waals surface area contributed by atoms with Gasteiger partial charge in [0, 0.05) is 30.7 Å². The van der Waals surface area contributed by atoms with E-state index in [4.69, 9.17) is 4.42 Å². The van der Waals surface area contributed by atoms with Crippen molar-refractivity contribution in [3.8, 4) is 0 Å². The van der Waals surface area contributed by atoms with Crippen molar-refractivity contribution >= 4 is 17.6 Å². The van der Waals surface area contributed by atoms with Crippen molar-refractivity contribution in [1.29, 1.82) is 0 Å². The number of hydrogen-bond donors (Lipinski definition) is 2. The average Bonchev–Trinajstić information content (AvgIpc) is 3.52. The van der Waals surface area contributed by atoms with Crippen molar-refractivity contribution in [2.75, 3.05) is 18.4 Å². The summed E-state index contributed by atoms with van der Waals surface area (Å²) in [4.78, 5) is 31.8. The third-order valence-electron chi connectivity index (χ3n) is 6.05. The largest absolute Gasteiger partial charge is 0.459 e. The highest BCUT2D eigenvalue weighted by atomic mass is 16.3. The zero-order valence-corrected chi connectivity index (χ0v) is 16.3. The van der Waals surface area contributed by atoms with Gasteiger partial charge in [-0.2, -0.15) is 5.10 Å². The first-order valence-electron chi connectivity index (χ1n) is 9.98. The Kier molecular flexibility index (Phi) is 4.50. The second-order valence-corrected chi connectivity index (χ2v) is 7.81. The van der Waals surface area contributed by atoms with Gasteiger partial charge in [-0.15, -0.1) is 0 Å². The molecule has 2 atom stereocenters. The van der Waals surface area contributed by atoms with Gasteiger partial charge in [0.1, 0.15) is 12.2 Å². The van der Waals surface area contributed by atoms with Gasteiger partial charge in [-0.1, -0.05) is 18.2 Å². The lowest BCUT2D eigenvalue weighted by Gasteiger charge is -2.40. The van der Waals surface area contributed by atoms with Crippen LogP contribution in [0.4, 0.5) is 10.5 Å². The topological polar surface area (TPSA) is 105 Å². The highest BCUT2D eigenvalue weighted by Gasteiger charge is 2.51. The molecule has 9 nitrogen and oxygen atoms in total. The molecule has 1 spiro atoms. The summed E-state index contributed by atoms with van der Waals surface area (Å²) < 4.78 is 7.12. The van der Waals surface area contributed by atoms with E-state index in [-0.39, 0.29) is 23.4 Å². The monoisotopic (exact) mass is 406 g/mol. The lowest BCUT2D eigenvalue weighted by molar-refractivity contribution is 0.0704. The van der Waals surface area contributed by atoms with Gasteiger partial charge in [-0.25, -0.2) is 14.5 Å². The highest BCUT2D eigenvalue weighted by Crippen LogP contribution is 2.47. The van der Waals surface area contributed by atoms with Crippen LogP contribution in [0, 0.1) is 5.41 Å². The van der Waals surface area contributed by atoms with Crippen molar-refractivity contribution in [2.45, 2.75) is 25.4 Å². The van der Waals surface area contributed by atoms with E-state index >= 15 is 0 Å². The summed E-state index contributed by atoms with van der Waals surface area (Å²) in [7, 11) is 0. The van der Waals surface area contributed by atoms with Crippen molar-refractivity contribution < 1.29 is 14.0 Å². The number of para-hydroxylation sites is 1. The fourth-order valence-electron chi connectivity index (χ4n) is 4.52. The van der Waals surface area contributed by atoms with Gasteiger partial charge in [0.2, 0.25) is 0 Å². The zero-order valence-electron chi connectivity index (χ0n) is 16.3. The first kappa shape index (κ1) is 18.4. The Bertz CT molecular complexity index is 1050. The van der Waals surface area contributed by atoms with Crippen LogP contribution in [0.3, 0.4) is 0 Å². The number of urea groups is 1. The molecule has 0 saturated carbocycles. The quantitative estimate of drug-likeness (QED) is 0.696. The minimum absolute atomic E-state index is 0.128. The van der Waals surface area contributed by atoms with Gasteiger partial charge in [-0.05, 0) is 37.1 Å². The standard InChI is InChI=1S/C21H22N6O3/c28-19(16-7-4-12-30-16)26-10-8-21(13-26)9-11-27-18(22-14-23-27)17(21)25-20(29)24-15-5-2-1-3-6-15/h1-7,12,14,17H,8-11,13H2,(H2,24,25,29)/t17-,21-/m0/s1. The summed E-state index contributed by atoms with van der Waals surface area (Å²) in [5.74, 6) is 0.922. The molecule has 9 heteroatoms. The molecule has 30 heavy (non-hydrogen) atoms. The smallest absolute Gasteiger partial charge is 0.319 e. The Morgan fingerprint density at radius 3 is 2.73 bits per heavy atom. The summed E-state index contributed by atoms with van der Waals surface area (Å²) in [6.45, 7) is 1.83. The van der Waals surface area contributed by atoms with Crippen molar-refractivity contribution in [3.05, 3.63) is 66.6 Å². The number of carbonyl (C=O) groups is 2. The lowest BCUT2D eigenvalue weighted by atomic mass is 9.74. The molecule has 5 rings (SSSR count). The fraction of sp³-hybridized carbons (Fsp3) is 0.333. The van der Waals surface area contributed by atoms with Crippen LogP contribution in [-0.2, 0) is 6.54 Å². The molecule has 2 aliphatic rings. The number of nitrogens with one attached hydrogen (secondary N) is 2. The zero-order chi connectivity index (χ0) is 20.6. The van der Waals surface area contributed by atoms with Crippen LogP contribution in [0.5, 0.6) is 0 Å².